The number of hydrogen-bond donors (Lipinski definition) is 5. The highest BCUT2D eigenvalue weighted by atomic mass is 35.5. The molecule has 0 unspecified atom stereocenters. The van der Waals surface area contributed by atoms with E-state index >= 15 is 0 Å². The summed E-state index contributed by atoms with van der Waals surface area (Å²) in [6.07, 6.45) is 2.45. The lowest BCUT2D eigenvalue weighted by Crippen LogP contribution is -2.39. The zero-order valence-electron chi connectivity index (χ0n) is 19.4. The van der Waals surface area contributed by atoms with E-state index in [-0.39, 0.29) is 9.79 Å². The summed E-state index contributed by atoms with van der Waals surface area (Å²) in [6.45, 7) is 4.71. The fourth-order valence-electron chi connectivity index (χ4n) is 2.31. The van der Waals surface area contributed by atoms with Crippen molar-refractivity contribution in [3.05, 3.63) is 53.6 Å². The van der Waals surface area contributed by atoms with Gasteiger partial charge in [-0.05, 0) is 61.4 Å². The second-order valence-electron chi connectivity index (χ2n) is 7.10. The van der Waals surface area contributed by atoms with E-state index in [0.29, 0.717) is 23.8 Å². The molecule has 2 aromatic carbocycles. The van der Waals surface area contributed by atoms with Gasteiger partial charge < -0.3 is 16.4 Å². The summed E-state index contributed by atoms with van der Waals surface area (Å²) in [5.74, 6) is 0. The molecule has 0 aliphatic heterocycles. The van der Waals surface area contributed by atoms with Crippen LogP contribution in [-0.4, -0.2) is 42.0 Å². The van der Waals surface area contributed by atoms with Gasteiger partial charge in [-0.3, -0.25) is 0 Å². The maximum absolute atomic E-state index is 11.8. The second kappa shape index (κ2) is 14.4. The van der Waals surface area contributed by atoms with Gasteiger partial charge in [0, 0.05) is 23.8 Å². The van der Waals surface area contributed by atoms with Gasteiger partial charge >= 0.3 is 12.1 Å². The monoisotopic (exact) mass is 547 g/mol. The molecule has 14 heteroatoms. The van der Waals surface area contributed by atoms with Gasteiger partial charge in [0.1, 0.15) is 0 Å². The maximum atomic E-state index is 11.8. The van der Waals surface area contributed by atoms with Crippen molar-refractivity contribution in [1.29, 1.82) is 0 Å². The average molecular weight is 548 g/mol. The topological polar surface area (TPSA) is 177 Å². The summed E-state index contributed by atoms with van der Waals surface area (Å²) >= 11 is 5.64. The summed E-state index contributed by atoms with van der Waals surface area (Å²) in [5, 5.41) is 5.31. The molecule has 11 nitrogen and oxygen atoms in total. The van der Waals surface area contributed by atoms with Crippen LogP contribution in [0.25, 0.3) is 0 Å². The Labute approximate surface area is 210 Å². The molecule has 0 bridgehead atoms. The normalized spacial score (nSPS) is 10.9. The van der Waals surface area contributed by atoms with E-state index in [1.54, 1.807) is 0 Å². The van der Waals surface area contributed by atoms with Gasteiger partial charge in [-0.25, -0.2) is 35.9 Å². The highest BCUT2D eigenvalue weighted by Crippen LogP contribution is 2.13. The highest BCUT2D eigenvalue weighted by Gasteiger charge is 2.17. The van der Waals surface area contributed by atoms with Crippen LogP contribution in [0.1, 0.15) is 33.1 Å². The SMILES string of the molecule is CCCCNC(=O)NS(=O)(=O)c1ccc(N)cc1.CCCNC(=O)NS(=O)(=O)c1ccc(Cl)cc1. The third-order valence-electron chi connectivity index (χ3n) is 4.12. The highest BCUT2D eigenvalue weighted by molar-refractivity contribution is 7.90. The first-order chi connectivity index (χ1) is 16.4. The zero-order chi connectivity index (χ0) is 26.5. The van der Waals surface area contributed by atoms with Crippen molar-refractivity contribution in [2.24, 2.45) is 0 Å². The average Bonchev–Trinajstić information content (AvgIpc) is 2.78. The lowest BCUT2D eigenvalue weighted by molar-refractivity contribution is 0.244. The molecule has 0 saturated carbocycles. The van der Waals surface area contributed by atoms with Crippen LogP contribution in [0.4, 0.5) is 15.3 Å². The standard InChI is InChI=1S/C11H17N3O3S.C10H13ClN2O3S/c1-2-3-8-13-11(15)14-18(16,17)10-6-4-9(12)5-7-10;1-2-7-12-10(14)13-17(15,16)9-5-3-8(11)4-6-9/h4-7H,2-3,8,12H2,1H3,(H2,13,14,15);3-6H,2,7H2,1H3,(H2,12,13,14). The number of nitrogen functional groups attached to an aromatic ring is 1. The number of benzene rings is 2. The molecule has 0 aliphatic carbocycles. The van der Waals surface area contributed by atoms with Gasteiger partial charge in [-0.15, -0.1) is 0 Å². The Morgan fingerprint density at radius 2 is 1.17 bits per heavy atom. The van der Waals surface area contributed by atoms with Crippen LogP contribution < -0.4 is 25.8 Å². The summed E-state index contributed by atoms with van der Waals surface area (Å²) < 4.78 is 50.8. The van der Waals surface area contributed by atoms with E-state index in [1.165, 1.54) is 48.5 Å². The largest absolute Gasteiger partial charge is 0.399 e. The smallest absolute Gasteiger partial charge is 0.328 e. The Kier molecular flexibility index (Phi) is 12.3. The van der Waals surface area contributed by atoms with Gasteiger partial charge in [-0.2, -0.15) is 0 Å². The number of carbonyl (C=O) groups excluding carboxylic acids is 2. The molecule has 0 atom stereocenters. The fraction of sp³-hybridized carbons (Fsp3) is 0.333. The fourth-order valence-corrected chi connectivity index (χ4v) is 4.29. The number of rotatable bonds is 9. The Morgan fingerprint density at radius 3 is 1.60 bits per heavy atom. The van der Waals surface area contributed by atoms with E-state index in [4.69, 9.17) is 17.3 Å². The molecule has 194 valence electrons. The number of amides is 4. The van der Waals surface area contributed by atoms with Crippen LogP contribution in [0.3, 0.4) is 0 Å². The van der Waals surface area contributed by atoms with Gasteiger partial charge in [0.15, 0.2) is 0 Å². The minimum atomic E-state index is -3.83. The van der Waals surface area contributed by atoms with Gasteiger partial charge in [0.05, 0.1) is 9.79 Å². The second-order valence-corrected chi connectivity index (χ2v) is 10.9. The van der Waals surface area contributed by atoms with Crippen LogP contribution in [0.2, 0.25) is 5.02 Å². The molecule has 35 heavy (non-hydrogen) atoms. The number of nitrogens with two attached hydrogens (primary N) is 1. The number of carbonyl (C=O) groups is 2. The molecule has 0 aromatic heterocycles. The van der Waals surface area contributed by atoms with E-state index in [1.807, 2.05) is 23.3 Å². The van der Waals surface area contributed by atoms with Crippen molar-refractivity contribution in [3.63, 3.8) is 0 Å². The number of hydrogen-bond acceptors (Lipinski definition) is 7. The Bertz CT molecular complexity index is 1170. The summed E-state index contributed by atoms with van der Waals surface area (Å²) in [7, 11) is -7.66. The number of unbranched alkanes of at least 4 members (excludes halogenated alkanes) is 1. The Balaban J connectivity index is 0.000000351. The van der Waals surface area contributed by atoms with Crippen molar-refractivity contribution in [2.75, 3.05) is 18.8 Å². The first-order valence-corrected chi connectivity index (χ1v) is 14.0. The minimum Gasteiger partial charge on any atom is -0.399 e. The minimum absolute atomic E-state index is 0.00217. The van der Waals surface area contributed by atoms with Crippen molar-refractivity contribution >= 4 is 49.4 Å². The van der Waals surface area contributed by atoms with Crippen LogP contribution in [0, 0.1) is 0 Å². The third-order valence-corrected chi connectivity index (χ3v) is 7.07. The zero-order valence-corrected chi connectivity index (χ0v) is 21.8. The predicted octanol–water partition coefficient (Wildman–Crippen LogP) is 2.79. The molecule has 0 heterocycles. The number of nitrogens with one attached hydrogen (secondary N) is 4. The van der Waals surface area contributed by atoms with E-state index in [9.17, 15) is 26.4 Å². The van der Waals surface area contributed by atoms with Gasteiger partial charge in [-0.1, -0.05) is 31.9 Å². The first kappa shape index (κ1) is 30.0. The Hall–Kier alpha value is -3.03. The number of anilines is 1. The molecule has 0 aliphatic rings. The molecular weight excluding hydrogens is 518 g/mol. The molecule has 0 spiro atoms. The summed E-state index contributed by atoms with van der Waals surface area (Å²) in [4.78, 5) is 22.6. The molecule has 4 amide bonds. The molecular formula is C21H30ClN5O6S2. The van der Waals surface area contributed by atoms with Crippen molar-refractivity contribution < 1.29 is 26.4 Å². The predicted molar refractivity (Wildman–Crippen MR) is 135 cm³/mol. The van der Waals surface area contributed by atoms with Gasteiger partial charge in [0.25, 0.3) is 20.0 Å². The maximum Gasteiger partial charge on any atom is 0.328 e. The lowest BCUT2D eigenvalue weighted by Gasteiger charge is -2.08. The van der Waals surface area contributed by atoms with Crippen molar-refractivity contribution in [1.82, 2.24) is 20.1 Å². The van der Waals surface area contributed by atoms with E-state index in [0.717, 1.165) is 19.3 Å². The van der Waals surface area contributed by atoms with Crippen LogP contribution in [0.15, 0.2) is 58.3 Å². The molecule has 0 saturated heterocycles. The quantitative estimate of drug-likeness (QED) is 0.236. The van der Waals surface area contributed by atoms with Gasteiger partial charge in [0.2, 0.25) is 0 Å². The molecule has 2 aromatic rings. The van der Waals surface area contributed by atoms with Crippen LogP contribution in [0.5, 0.6) is 0 Å². The Morgan fingerprint density at radius 1 is 0.743 bits per heavy atom. The number of sulfonamides is 2. The van der Waals surface area contributed by atoms with Crippen LogP contribution >= 0.6 is 11.6 Å². The lowest BCUT2D eigenvalue weighted by atomic mass is 10.3. The molecule has 0 radical (unpaired) electrons. The van der Waals surface area contributed by atoms with E-state index in [2.05, 4.69) is 10.6 Å². The van der Waals surface area contributed by atoms with Crippen molar-refractivity contribution in [3.8, 4) is 0 Å². The molecule has 2 rings (SSSR count). The molecule has 6 N–H and O–H groups in total. The first-order valence-electron chi connectivity index (χ1n) is 10.6. The summed E-state index contributed by atoms with van der Waals surface area (Å²) in [6, 6.07) is 9.71. The van der Waals surface area contributed by atoms with Crippen LogP contribution in [-0.2, 0) is 20.0 Å². The van der Waals surface area contributed by atoms with E-state index < -0.39 is 32.1 Å². The summed E-state index contributed by atoms with van der Waals surface area (Å²) in [5.41, 5.74) is 5.92. The number of halogens is 1. The number of urea groups is 2. The van der Waals surface area contributed by atoms with Crippen molar-refractivity contribution in [2.45, 2.75) is 42.9 Å². The molecule has 0 fully saturated rings. The third kappa shape index (κ3) is 11.3.